The predicted molar refractivity (Wildman–Crippen MR) is 67.0 cm³/mol. The van der Waals surface area contributed by atoms with Gasteiger partial charge in [-0.25, -0.2) is 0 Å². The summed E-state index contributed by atoms with van der Waals surface area (Å²) in [6.45, 7) is 1.06. The van der Waals surface area contributed by atoms with Gasteiger partial charge in [0.2, 0.25) is 11.0 Å². The molecule has 0 unspecified atom stereocenters. The molecule has 2 rings (SSSR count). The predicted octanol–water partition coefficient (Wildman–Crippen LogP) is 0.290. The van der Waals surface area contributed by atoms with Crippen LogP contribution in [0.15, 0.2) is 0 Å². The number of amides is 1. The van der Waals surface area contributed by atoms with E-state index in [2.05, 4.69) is 20.8 Å². The van der Waals surface area contributed by atoms with Gasteiger partial charge in [0.05, 0.1) is 13.1 Å². The van der Waals surface area contributed by atoms with Gasteiger partial charge in [-0.3, -0.25) is 9.69 Å². The van der Waals surface area contributed by atoms with Crippen molar-refractivity contribution in [3.05, 3.63) is 5.01 Å². The highest BCUT2D eigenvalue weighted by molar-refractivity contribution is 7.15. The van der Waals surface area contributed by atoms with Crippen molar-refractivity contribution in [2.45, 2.75) is 25.4 Å². The Hall–Kier alpha value is -1.21. The smallest absolute Gasteiger partial charge is 0.234 e. The summed E-state index contributed by atoms with van der Waals surface area (Å²) >= 11 is 1.51. The van der Waals surface area contributed by atoms with Crippen LogP contribution in [0.3, 0.4) is 0 Å². The zero-order chi connectivity index (χ0) is 12.3. The first kappa shape index (κ1) is 12.3. The summed E-state index contributed by atoms with van der Waals surface area (Å²) in [4.78, 5) is 13.5. The van der Waals surface area contributed by atoms with Gasteiger partial charge in [0.25, 0.3) is 0 Å². The maximum absolute atomic E-state index is 11.6. The van der Waals surface area contributed by atoms with Crippen LogP contribution in [-0.2, 0) is 11.3 Å². The molecular weight excluding hydrogens is 238 g/mol. The number of nitrogens with zero attached hydrogens (tertiary/aromatic N) is 3. The molecule has 1 fully saturated rings. The highest BCUT2D eigenvalue weighted by Crippen LogP contribution is 2.18. The van der Waals surface area contributed by atoms with Gasteiger partial charge < -0.3 is 10.6 Å². The fraction of sp³-hybridized carbons (Fsp3) is 0.700. The second-order valence-corrected chi connectivity index (χ2v) is 5.33. The molecule has 1 aromatic rings. The van der Waals surface area contributed by atoms with Gasteiger partial charge in [-0.15, -0.1) is 10.2 Å². The minimum absolute atomic E-state index is 0.0911. The molecule has 1 aromatic heterocycles. The number of aromatic nitrogens is 2. The number of likely N-dealkylation sites (N-methyl/N-ethyl adjacent to an activating group) is 1. The maximum Gasteiger partial charge on any atom is 0.234 e. The number of rotatable bonds is 6. The third kappa shape index (κ3) is 3.94. The Morgan fingerprint density at radius 1 is 1.53 bits per heavy atom. The SMILES string of the molecule is CNc1nnc(CN(C)CC(=O)NC2CC2)s1. The largest absolute Gasteiger partial charge is 0.363 e. The fourth-order valence-corrected chi connectivity index (χ4v) is 2.22. The molecule has 0 spiro atoms. The topological polar surface area (TPSA) is 70.2 Å². The summed E-state index contributed by atoms with van der Waals surface area (Å²) in [5, 5.41) is 15.6. The molecule has 1 aliphatic carbocycles. The molecule has 1 aliphatic rings. The van der Waals surface area contributed by atoms with Crippen molar-refractivity contribution in [3.8, 4) is 0 Å². The zero-order valence-corrected chi connectivity index (χ0v) is 10.9. The van der Waals surface area contributed by atoms with Crippen LogP contribution >= 0.6 is 11.3 Å². The van der Waals surface area contributed by atoms with Crippen molar-refractivity contribution in [1.29, 1.82) is 0 Å². The van der Waals surface area contributed by atoms with Crippen LogP contribution in [0.1, 0.15) is 17.8 Å². The number of carbonyl (C=O) groups excluding carboxylic acids is 1. The summed E-state index contributed by atoms with van der Waals surface area (Å²) in [7, 11) is 3.73. The van der Waals surface area contributed by atoms with Crippen molar-refractivity contribution in [1.82, 2.24) is 20.4 Å². The van der Waals surface area contributed by atoms with Crippen LogP contribution < -0.4 is 10.6 Å². The lowest BCUT2D eigenvalue weighted by Crippen LogP contribution is -2.35. The number of nitrogens with one attached hydrogen (secondary N) is 2. The summed E-state index contributed by atoms with van der Waals surface area (Å²) in [5.41, 5.74) is 0. The fourth-order valence-electron chi connectivity index (χ4n) is 1.45. The van der Waals surface area contributed by atoms with Gasteiger partial charge in [-0.05, 0) is 19.9 Å². The van der Waals surface area contributed by atoms with Gasteiger partial charge in [-0.1, -0.05) is 11.3 Å². The minimum Gasteiger partial charge on any atom is -0.363 e. The van der Waals surface area contributed by atoms with Crippen LogP contribution in [0.4, 0.5) is 5.13 Å². The molecule has 0 aromatic carbocycles. The monoisotopic (exact) mass is 255 g/mol. The Labute approximate surface area is 104 Å². The molecular formula is C10H17N5OS. The molecule has 0 bridgehead atoms. The lowest BCUT2D eigenvalue weighted by Gasteiger charge is -2.13. The third-order valence-electron chi connectivity index (χ3n) is 2.44. The van der Waals surface area contributed by atoms with Crippen molar-refractivity contribution < 1.29 is 4.79 Å². The molecule has 1 amide bonds. The van der Waals surface area contributed by atoms with E-state index < -0.39 is 0 Å². The van der Waals surface area contributed by atoms with Crippen LogP contribution in [0.5, 0.6) is 0 Å². The van der Waals surface area contributed by atoms with Gasteiger partial charge in [0, 0.05) is 13.1 Å². The minimum atomic E-state index is 0.0911. The Morgan fingerprint density at radius 3 is 2.88 bits per heavy atom. The first-order valence-electron chi connectivity index (χ1n) is 5.65. The van der Waals surface area contributed by atoms with Gasteiger partial charge in [-0.2, -0.15) is 0 Å². The van der Waals surface area contributed by atoms with Gasteiger partial charge >= 0.3 is 0 Å². The second kappa shape index (κ2) is 5.42. The first-order valence-corrected chi connectivity index (χ1v) is 6.47. The normalized spacial score (nSPS) is 15.0. The van der Waals surface area contributed by atoms with E-state index in [0.717, 1.165) is 23.0 Å². The average Bonchev–Trinajstić information content (AvgIpc) is 2.95. The van der Waals surface area contributed by atoms with Crippen molar-refractivity contribution in [3.63, 3.8) is 0 Å². The van der Waals surface area contributed by atoms with E-state index in [9.17, 15) is 4.79 Å². The Balaban J connectivity index is 1.75. The summed E-state index contributed by atoms with van der Waals surface area (Å²) in [6.07, 6.45) is 2.24. The highest BCUT2D eigenvalue weighted by atomic mass is 32.1. The Kier molecular flexibility index (Phi) is 3.90. The van der Waals surface area contributed by atoms with E-state index in [-0.39, 0.29) is 5.91 Å². The zero-order valence-electron chi connectivity index (χ0n) is 10.1. The molecule has 17 heavy (non-hydrogen) atoms. The molecule has 7 heteroatoms. The van der Waals surface area contributed by atoms with E-state index in [0.29, 0.717) is 19.1 Å². The molecule has 0 aliphatic heterocycles. The van der Waals surface area contributed by atoms with E-state index in [1.54, 1.807) is 0 Å². The van der Waals surface area contributed by atoms with Crippen LogP contribution in [0.25, 0.3) is 0 Å². The number of hydrogen-bond donors (Lipinski definition) is 2. The number of hydrogen-bond acceptors (Lipinski definition) is 6. The lowest BCUT2D eigenvalue weighted by molar-refractivity contribution is -0.122. The van der Waals surface area contributed by atoms with Crippen LogP contribution in [0.2, 0.25) is 0 Å². The van der Waals surface area contributed by atoms with Crippen molar-refractivity contribution >= 4 is 22.4 Å². The number of carbonyl (C=O) groups is 1. The van der Waals surface area contributed by atoms with Crippen LogP contribution in [-0.4, -0.2) is 47.7 Å². The molecule has 94 valence electrons. The Morgan fingerprint density at radius 2 is 2.29 bits per heavy atom. The van der Waals surface area contributed by atoms with Crippen molar-refractivity contribution in [2.24, 2.45) is 0 Å². The molecule has 2 N–H and O–H groups in total. The average molecular weight is 255 g/mol. The molecule has 1 saturated carbocycles. The highest BCUT2D eigenvalue weighted by Gasteiger charge is 2.23. The first-order chi connectivity index (χ1) is 8.17. The van der Waals surface area contributed by atoms with Gasteiger partial charge in [0.1, 0.15) is 5.01 Å². The van der Waals surface area contributed by atoms with E-state index in [1.807, 2.05) is 19.0 Å². The van der Waals surface area contributed by atoms with E-state index in [4.69, 9.17) is 0 Å². The molecule has 0 atom stereocenters. The molecule has 1 heterocycles. The molecule has 6 nitrogen and oxygen atoms in total. The summed E-state index contributed by atoms with van der Waals surface area (Å²) < 4.78 is 0. The molecule has 0 saturated heterocycles. The maximum atomic E-state index is 11.6. The van der Waals surface area contributed by atoms with Crippen LogP contribution in [0, 0.1) is 0 Å². The summed E-state index contributed by atoms with van der Waals surface area (Å²) in [6, 6.07) is 0.424. The van der Waals surface area contributed by atoms with E-state index in [1.165, 1.54) is 11.3 Å². The Bertz CT molecular complexity index is 390. The third-order valence-corrected chi connectivity index (χ3v) is 3.37. The van der Waals surface area contributed by atoms with Gasteiger partial charge in [0.15, 0.2) is 0 Å². The quantitative estimate of drug-likeness (QED) is 0.764. The molecule has 0 radical (unpaired) electrons. The van der Waals surface area contributed by atoms with Crippen molar-refractivity contribution in [2.75, 3.05) is 26.0 Å². The summed E-state index contributed by atoms with van der Waals surface area (Å²) in [5.74, 6) is 0.0911. The second-order valence-electron chi connectivity index (χ2n) is 4.27. The number of anilines is 1. The standard InChI is InChI=1S/C10H17N5OS/c1-11-10-14-13-9(17-10)6-15(2)5-8(16)12-7-3-4-7/h7H,3-6H2,1-2H3,(H,11,14)(H,12,16). The lowest BCUT2D eigenvalue weighted by atomic mass is 10.5. The van der Waals surface area contributed by atoms with E-state index >= 15 is 0 Å².